The van der Waals surface area contributed by atoms with Crippen molar-refractivity contribution in [2.75, 3.05) is 20.2 Å². The molecular formula is C19H19F4NO. The summed E-state index contributed by atoms with van der Waals surface area (Å²) >= 11 is 0. The zero-order valence-corrected chi connectivity index (χ0v) is 13.9. The highest BCUT2D eigenvalue weighted by atomic mass is 19.1. The van der Waals surface area contributed by atoms with Crippen molar-refractivity contribution in [2.24, 2.45) is 5.92 Å². The predicted molar refractivity (Wildman–Crippen MR) is 86.4 cm³/mol. The topological polar surface area (TPSA) is 12.5 Å². The first-order valence-corrected chi connectivity index (χ1v) is 8.14. The van der Waals surface area contributed by atoms with Crippen molar-refractivity contribution in [3.8, 4) is 5.75 Å². The van der Waals surface area contributed by atoms with E-state index in [1.54, 1.807) is 0 Å². The summed E-state index contributed by atoms with van der Waals surface area (Å²) in [6.45, 7) is 1.44. The molecule has 0 saturated carbocycles. The minimum Gasteiger partial charge on any atom is -0.494 e. The molecule has 3 rings (SSSR count). The van der Waals surface area contributed by atoms with Crippen molar-refractivity contribution in [3.63, 3.8) is 0 Å². The van der Waals surface area contributed by atoms with Crippen LogP contribution >= 0.6 is 0 Å². The molecule has 0 aliphatic carbocycles. The largest absolute Gasteiger partial charge is 0.494 e. The van der Waals surface area contributed by atoms with Gasteiger partial charge in [-0.1, -0.05) is 0 Å². The van der Waals surface area contributed by atoms with Gasteiger partial charge in [-0.3, -0.25) is 4.90 Å². The van der Waals surface area contributed by atoms with Gasteiger partial charge < -0.3 is 4.74 Å². The summed E-state index contributed by atoms with van der Waals surface area (Å²) < 4.78 is 59.7. The molecule has 0 amide bonds. The lowest BCUT2D eigenvalue weighted by atomic mass is 9.98. The lowest BCUT2D eigenvalue weighted by Crippen LogP contribution is -2.22. The van der Waals surface area contributed by atoms with Crippen LogP contribution in [-0.2, 0) is 13.0 Å². The normalized spacial score (nSPS) is 17.9. The van der Waals surface area contributed by atoms with Crippen molar-refractivity contribution >= 4 is 0 Å². The van der Waals surface area contributed by atoms with Crippen LogP contribution in [0.15, 0.2) is 30.3 Å². The maximum Gasteiger partial charge on any atom is 0.172 e. The van der Waals surface area contributed by atoms with Gasteiger partial charge in [-0.15, -0.1) is 0 Å². The van der Waals surface area contributed by atoms with Crippen LogP contribution in [0.5, 0.6) is 5.75 Å². The number of hydrogen-bond donors (Lipinski definition) is 0. The molecule has 0 aromatic heterocycles. The molecule has 0 N–H and O–H groups in total. The van der Waals surface area contributed by atoms with E-state index in [2.05, 4.69) is 0 Å². The fraction of sp³-hybridized carbons (Fsp3) is 0.368. The third kappa shape index (κ3) is 4.12. The molecule has 2 aromatic rings. The monoisotopic (exact) mass is 353 g/mol. The number of likely N-dealkylation sites (tertiary alicyclic amines) is 1. The van der Waals surface area contributed by atoms with E-state index < -0.39 is 23.3 Å². The van der Waals surface area contributed by atoms with Crippen LogP contribution in [0, 0.1) is 29.2 Å². The summed E-state index contributed by atoms with van der Waals surface area (Å²) in [6.07, 6.45) is 1.35. The van der Waals surface area contributed by atoms with Crippen molar-refractivity contribution in [1.29, 1.82) is 0 Å². The molecule has 1 unspecified atom stereocenters. The zero-order chi connectivity index (χ0) is 18.0. The summed E-state index contributed by atoms with van der Waals surface area (Å²) in [7, 11) is 1.34. The third-order valence-electron chi connectivity index (χ3n) is 4.57. The molecule has 0 radical (unpaired) electrons. The van der Waals surface area contributed by atoms with E-state index in [4.69, 9.17) is 4.74 Å². The molecule has 2 aromatic carbocycles. The molecule has 0 bridgehead atoms. The van der Waals surface area contributed by atoms with E-state index in [9.17, 15) is 17.6 Å². The Morgan fingerprint density at radius 3 is 2.48 bits per heavy atom. The Labute approximate surface area is 144 Å². The van der Waals surface area contributed by atoms with Gasteiger partial charge in [0.1, 0.15) is 17.5 Å². The number of halogens is 4. The molecule has 134 valence electrons. The van der Waals surface area contributed by atoms with Crippen molar-refractivity contribution in [2.45, 2.75) is 19.4 Å². The molecule has 1 aliphatic heterocycles. The fourth-order valence-electron chi connectivity index (χ4n) is 3.39. The zero-order valence-electron chi connectivity index (χ0n) is 13.9. The summed E-state index contributed by atoms with van der Waals surface area (Å²) in [5, 5.41) is 0. The standard InChI is InChI=1S/C19H19F4NO/c1-25-18-3-2-17(22)16(19(18)23)11-24-5-4-12(10-24)6-13-7-14(20)9-15(21)8-13/h2-3,7-9,12H,4-6,10-11H2,1H3. The van der Waals surface area contributed by atoms with Crippen LogP contribution in [0.3, 0.4) is 0 Å². The second-order valence-corrected chi connectivity index (χ2v) is 6.41. The second kappa shape index (κ2) is 7.44. The van der Waals surface area contributed by atoms with E-state index >= 15 is 0 Å². The van der Waals surface area contributed by atoms with E-state index in [1.807, 2.05) is 4.90 Å². The van der Waals surface area contributed by atoms with E-state index in [0.717, 1.165) is 12.5 Å². The highest BCUT2D eigenvalue weighted by Crippen LogP contribution is 2.28. The first-order chi connectivity index (χ1) is 12.0. The van der Waals surface area contributed by atoms with Crippen molar-refractivity contribution < 1.29 is 22.3 Å². The molecule has 1 aliphatic rings. The first-order valence-electron chi connectivity index (χ1n) is 8.14. The van der Waals surface area contributed by atoms with Gasteiger partial charge >= 0.3 is 0 Å². The van der Waals surface area contributed by atoms with E-state index in [1.165, 1.54) is 31.4 Å². The lowest BCUT2D eigenvalue weighted by Gasteiger charge is -2.18. The second-order valence-electron chi connectivity index (χ2n) is 6.41. The van der Waals surface area contributed by atoms with E-state index in [-0.39, 0.29) is 23.8 Å². The Morgan fingerprint density at radius 1 is 1.08 bits per heavy atom. The average Bonchev–Trinajstić information content (AvgIpc) is 2.97. The Bertz CT molecular complexity index is 745. The Morgan fingerprint density at radius 2 is 1.80 bits per heavy atom. The average molecular weight is 353 g/mol. The van der Waals surface area contributed by atoms with Gasteiger partial charge in [0.05, 0.1) is 7.11 Å². The van der Waals surface area contributed by atoms with Gasteiger partial charge in [-0.2, -0.15) is 0 Å². The number of benzene rings is 2. The van der Waals surface area contributed by atoms with Gasteiger partial charge in [0.2, 0.25) is 0 Å². The molecule has 1 heterocycles. The Hall–Kier alpha value is -2.08. The number of ether oxygens (including phenoxy) is 1. The highest BCUT2D eigenvalue weighted by molar-refractivity contribution is 5.32. The van der Waals surface area contributed by atoms with Crippen LogP contribution in [0.1, 0.15) is 17.5 Å². The Balaban J connectivity index is 1.66. The number of methoxy groups -OCH3 is 1. The quantitative estimate of drug-likeness (QED) is 0.743. The van der Waals surface area contributed by atoms with Crippen molar-refractivity contribution in [3.05, 3.63) is 64.7 Å². The molecule has 2 nitrogen and oxygen atoms in total. The van der Waals surface area contributed by atoms with Gasteiger partial charge in [-0.25, -0.2) is 17.6 Å². The predicted octanol–water partition coefficient (Wildman–Crippen LogP) is 4.32. The minimum absolute atomic E-state index is 0.0161. The summed E-state index contributed by atoms with van der Waals surface area (Å²) in [5.74, 6) is -2.26. The Kier molecular flexibility index (Phi) is 5.27. The summed E-state index contributed by atoms with van der Waals surface area (Å²) in [5.41, 5.74) is 0.583. The molecule has 0 spiro atoms. The van der Waals surface area contributed by atoms with Crippen LogP contribution in [-0.4, -0.2) is 25.1 Å². The number of rotatable bonds is 5. The molecular weight excluding hydrogens is 334 g/mol. The lowest BCUT2D eigenvalue weighted by molar-refractivity contribution is 0.300. The first kappa shape index (κ1) is 17.7. The molecule has 6 heteroatoms. The van der Waals surface area contributed by atoms with Gasteiger partial charge in [-0.05, 0) is 55.1 Å². The van der Waals surface area contributed by atoms with Crippen LogP contribution in [0.25, 0.3) is 0 Å². The minimum atomic E-state index is -0.682. The molecule has 25 heavy (non-hydrogen) atoms. The van der Waals surface area contributed by atoms with Gasteiger partial charge in [0.15, 0.2) is 11.6 Å². The molecule has 1 saturated heterocycles. The van der Waals surface area contributed by atoms with Crippen LogP contribution in [0.4, 0.5) is 17.6 Å². The number of nitrogens with zero attached hydrogens (tertiary/aromatic N) is 1. The molecule has 1 atom stereocenters. The van der Waals surface area contributed by atoms with Gasteiger partial charge in [0, 0.05) is 24.7 Å². The van der Waals surface area contributed by atoms with Crippen molar-refractivity contribution in [1.82, 2.24) is 4.90 Å². The summed E-state index contributed by atoms with van der Waals surface area (Å²) in [4.78, 5) is 1.95. The van der Waals surface area contributed by atoms with Crippen LogP contribution < -0.4 is 4.74 Å². The van der Waals surface area contributed by atoms with Gasteiger partial charge in [0.25, 0.3) is 0 Å². The number of hydrogen-bond acceptors (Lipinski definition) is 2. The molecule has 1 fully saturated rings. The highest BCUT2D eigenvalue weighted by Gasteiger charge is 2.25. The maximum absolute atomic E-state index is 14.2. The van der Waals surface area contributed by atoms with Crippen LogP contribution in [0.2, 0.25) is 0 Å². The smallest absolute Gasteiger partial charge is 0.172 e. The SMILES string of the molecule is COc1ccc(F)c(CN2CCC(Cc3cc(F)cc(F)c3)C2)c1F. The van der Waals surface area contributed by atoms with E-state index in [0.29, 0.717) is 25.1 Å². The summed E-state index contributed by atoms with van der Waals surface area (Å²) in [6, 6.07) is 5.96. The third-order valence-corrected chi connectivity index (χ3v) is 4.57. The fourth-order valence-corrected chi connectivity index (χ4v) is 3.39. The maximum atomic E-state index is 14.2.